The van der Waals surface area contributed by atoms with Gasteiger partial charge in [-0.25, -0.2) is 4.79 Å². The third kappa shape index (κ3) is 9.03. The van der Waals surface area contributed by atoms with Crippen molar-refractivity contribution < 1.29 is 34.2 Å². The summed E-state index contributed by atoms with van der Waals surface area (Å²) in [7, 11) is 0. The first kappa shape index (κ1) is 32.1. The minimum Gasteiger partial charge on any atom is -0.508 e. The number of carbonyl (C=O) groups excluding carboxylic acids is 4. The number of phenolic OH excluding ortho intramolecular Hbond substituents is 1. The number of amides is 4. The maximum atomic E-state index is 13.2. The van der Waals surface area contributed by atoms with E-state index in [1.165, 1.54) is 17.0 Å². The molecule has 1 aliphatic heterocycles. The fourth-order valence-corrected chi connectivity index (χ4v) is 4.80. The SMILES string of the molecule is CC(C)[C@@H](NC(=O)[C@@H]1CCCN1C(=O)CNC(=O)[C@H](Cc1ccc(O)cc1)NC(=O)[C@@H](N)Cc1ccccc1)C(=O)O. The molecular formula is C30H39N5O7. The number of aliphatic carboxylic acids is 1. The Bertz CT molecular complexity index is 1250. The molecule has 1 saturated heterocycles. The molecule has 1 aliphatic rings. The van der Waals surface area contributed by atoms with E-state index in [0.717, 1.165) is 5.56 Å². The van der Waals surface area contributed by atoms with E-state index in [2.05, 4.69) is 16.0 Å². The van der Waals surface area contributed by atoms with Crippen molar-refractivity contribution in [1.29, 1.82) is 0 Å². The van der Waals surface area contributed by atoms with Gasteiger partial charge in [-0.2, -0.15) is 0 Å². The van der Waals surface area contributed by atoms with E-state index in [1.54, 1.807) is 26.0 Å². The molecule has 0 aliphatic carbocycles. The highest BCUT2D eigenvalue weighted by Gasteiger charge is 2.36. The molecule has 42 heavy (non-hydrogen) atoms. The lowest BCUT2D eigenvalue weighted by atomic mass is 10.0. The Labute approximate surface area is 244 Å². The largest absolute Gasteiger partial charge is 0.508 e. The van der Waals surface area contributed by atoms with E-state index in [9.17, 15) is 34.2 Å². The zero-order valence-electron chi connectivity index (χ0n) is 23.8. The molecule has 1 fully saturated rings. The average Bonchev–Trinajstić information content (AvgIpc) is 3.45. The molecule has 2 aromatic carbocycles. The molecular weight excluding hydrogens is 542 g/mol. The van der Waals surface area contributed by atoms with Gasteiger partial charge in [0.25, 0.3) is 0 Å². The molecule has 4 amide bonds. The Morgan fingerprint density at radius 3 is 2.19 bits per heavy atom. The number of carboxylic acid groups (broad SMARTS) is 1. The first-order valence-corrected chi connectivity index (χ1v) is 13.9. The molecule has 0 saturated carbocycles. The topological polar surface area (TPSA) is 191 Å². The minimum absolute atomic E-state index is 0.0477. The predicted molar refractivity (Wildman–Crippen MR) is 154 cm³/mol. The van der Waals surface area contributed by atoms with Crippen LogP contribution in [0.2, 0.25) is 0 Å². The van der Waals surface area contributed by atoms with Crippen molar-refractivity contribution in [3.05, 3.63) is 65.7 Å². The van der Waals surface area contributed by atoms with Crippen molar-refractivity contribution in [3.8, 4) is 5.75 Å². The lowest BCUT2D eigenvalue weighted by Gasteiger charge is -2.27. The zero-order chi connectivity index (χ0) is 30.8. The van der Waals surface area contributed by atoms with Crippen LogP contribution in [0.15, 0.2) is 54.6 Å². The van der Waals surface area contributed by atoms with Crippen LogP contribution in [0, 0.1) is 5.92 Å². The number of nitrogens with zero attached hydrogens (tertiary/aromatic N) is 1. The first-order chi connectivity index (χ1) is 20.0. The van der Waals surface area contributed by atoms with Crippen molar-refractivity contribution in [2.75, 3.05) is 13.1 Å². The standard InChI is InChI=1S/C30H39N5O7/c1-18(2)26(30(41)42)34-29(40)24-9-6-14-35(24)25(37)17-32-28(39)23(16-20-10-12-21(36)13-11-20)33-27(38)22(31)15-19-7-4-3-5-8-19/h3-5,7-8,10-13,18,22-24,26,36H,6,9,14-17,31H2,1-2H3,(H,32,39)(H,33,38)(H,34,40)(H,41,42)/t22-,23-,24-,26+/m0/s1. The van der Waals surface area contributed by atoms with Gasteiger partial charge in [0.05, 0.1) is 12.6 Å². The lowest BCUT2D eigenvalue weighted by Crippen LogP contribution is -2.55. The van der Waals surface area contributed by atoms with Crippen molar-refractivity contribution in [2.24, 2.45) is 11.7 Å². The van der Waals surface area contributed by atoms with E-state index in [4.69, 9.17) is 5.73 Å². The molecule has 226 valence electrons. The Morgan fingerprint density at radius 2 is 1.57 bits per heavy atom. The van der Waals surface area contributed by atoms with Gasteiger partial charge in [-0.1, -0.05) is 56.3 Å². The van der Waals surface area contributed by atoms with E-state index in [-0.39, 0.29) is 31.1 Å². The molecule has 0 spiro atoms. The molecule has 2 aromatic rings. The van der Waals surface area contributed by atoms with E-state index in [1.807, 2.05) is 30.3 Å². The number of aromatic hydroxyl groups is 1. The number of benzene rings is 2. The normalized spacial score (nSPS) is 16.8. The van der Waals surface area contributed by atoms with Crippen LogP contribution in [-0.2, 0) is 36.8 Å². The number of nitrogens with two attached hydrogens (primary N) is 1. The fraction of sp³-hybridized carbons (Fsp3) is 0.433. The van der Waals surface area contributed by atoms with Gasteiger partial charge in [0, 0.05) is 13.0 Å². The molecule has 0 unspecified atom stereocenters. The molecule has 12 nitrogen and oxygen atoms in total. The van der Waals surface area contributed by atoms with Crippen molar-refractivity contribution in [3.63, 3.8) is 0 Å². The van der Waals surface area contributed by atoms with Crippen LogP contribution >= 0.6 is 0 Å². The number of rotatable bonds is 13. The summed E-state index contributed by atoms with van der Waals surface area (Å²) in [6.45, 7) is 3.21. The molecule has 12 heteroatoms. The fourth-order valence-electron chi connectivity index (χ4n) is 4.80. The zero-order valence-corrected chi connectivity index (χ0v) is 23.8. The summed E-state index contributed by atoms with van der Waals surface area (Å²) in [5, 5.41) is 26.8. The second-order valence-corrected chi connectivity index (χ2v) is 10.8. The third-order valence-corrected chi connectivity index (χ3v) is 7.16. The second kappa shape index (κ2) is 15.0. The summed E-state index contributed by atoms with van der Waals surface area (Å²) in [6, 6.07) is 11.4. The summed E-state index contributed by atoms with van der Waals surface area (Å²) in [5.41, 5.74) is 7.64. The van der Waals surface area contributed by atoms with Gasteiger partial charge in [-0.15, -0.1) is 0 Å². The first-order valence-electron chi connectivity index (χ1n) is 13.9. The van der Waals surface area contributed by atoms with Gasteiger partial charge in [0.1, 0.15) is 23.9 Å². The summed E-state index contributed by atoms with van der Waals surface area (Å²) in [6.07, 6.45) is 1.26. The van der Waals surface area contributed by atoms with Crippen molar-refractivity contribution in [2.45, 2.75) is 63.7 Å². The molecule has 0 bridgehead atoms. The van der Waals surface area contributed by atoms with Crippen LogP contribution in [0.1, 0.15) is 37.8 Å². The molecule has 1 heterocycles. The van der Waals surface area contributed by atoms with E-state index >= 15 is 0 Å². The smallest absolute Gasteiger partial charge is 0.326 e. The van der Waals surface area contributed by atoms with Gasteiger partial charge >= 0.3 is 5.97 Å². The number of nitrogens with one attached hydrogen (secondary N) is 3. The summed E-state index contributed by atoms with van der Waals surface area (Å²) < 4.78 is 0. The lowest BCUT2D eigenvalue weighted by molar-refractivity contribution is -0.145. The van der Waals surface area contributed by atoms with Crippen LogP contribution in [-0.4, -0.2) is 82.0 Å². The summed E-state index contributed by atoms with van der Waals surface area (Å²) >= 11 is 0. The van der Waals surface area contributed by atoms with Crippen LogP contribution in [0.3, 0.4) is 0 Å². The summed E-state index contributed by atoms with van der Waals surface area (Å²) in [4.78, 5) is 64.9. The van der Waals surface area contributed by atoms with Gasteiger partial charge in [0.2, 0.25) is 23.6 Å². The van der Waals surface area contributed by atoms with Gasteiger partial charge in [-0.05, 0) is 48.4 Å². The Hall–Kier alpha value is -4.45. The third-order valence-electron chi connectivity index (χ3n) is 7.16. The van der Waals surface area contributed by atoms with Crippen LogP contribution < -0.4 is 21.7 Å². The number of phenols is 1. The van der Waals surface area contributed by atoms with E-state index in [0.29, 0.717) is 18.4 Å². The Balaban J connectivity index is 1.65. The maximum Gasteiger partial charge on any atom is 0.326 e. The van der Waals surface area contributed by atoms with Gasteiger partial charge in [-0.3, -0.25) is 19.2 Å². The molecule has 0 aromatic heterocycles. The molecule has 7 N–H and O–H groups in total. The molecule has 3 rings (SSSR count). The molecule has 0 radical (unpaired) electrons. The average molecular weight is 582 g/mol. The van der Waals surface area contributed by atoms with Crippen LogP contribution in [0.25, 0.3) is 0 Å². The summed E-state index contributed by atoms with van der Waals surface area (Å²) in [5.74, 6) is -3.69. The Kier molecular flexibility index (Phi) is 11.4. The number of likely N-dealkylation sites (tertiary alicyclic amines) is 1. The predicted octanol–water partition coefficient (Wildman–Crippen LogP) is 0.322. The number of carbonyl (C=O) groups is 5. The van der Waals surface area contributed by atoms with Crippen molar-refractivity contribution in [1.82, 2.24) is 20.9 Å². The number of carboxylic acids is 1. The highest BCUT2D eigenvalue weighted by molar-refractivity contribution is 5.94. The Morgan fingerprint density at radius 1 is 0.929 bits per heavy atom. The van der Waals surface area contributed by atoms with Crippen molar-refractivity contribution >= 4 is 29.6 Å². The van der Waals surface area contributed by atoms with Crippen LogP contribution in [0.4, 0.5) is 0 Å². The quantitative estimate of drug-likeness (QED) is 0.195. The monoisotopic (exact) mass is 581 g/mol. The minimum atomic E-state index is -1.16. The maximum absolute atomic E-state index is 13.2. The molecule has 4 atom stereocenters. The number of hydrogen-bond donors (Lipinski definition) is 6. The van der Waals surface area contributed by atoms with Gasteiger partial charge in [0.15, 0.2) is 0 Å². The highest BCUT2D eigenvalue weighted by atomic mass is 16.4. The van der Waals surface area contributed by atoms with Gasteiger partial charge < -0.3 is 36.8 Å². The van der Waals surface area contributed by atoms with Crippen LogP contribution in [0.5, 0.6) is 5.75 Å². The highest BCUT2D eigenvalue weighted by Crippen LogP contribution is 2.18. The second-order valence-electron chi connectivity index (χ2n) is 10.8. The van der Waals surface area contributed by atoms with E-state index < -0.39 is 60.3 Å². The number of hydrogen-bond acceptors (Lipinski definition) is 7.